The van der Waals surface area contributed by atoms with Gasteiger partial charge in [-0.25, -0.2) is 9.18 Å². The van der Waals surface area contributed by atoms with Gasteiger partial charge in [0.2, 0.25) is 5.88 Å². The van der Waals surface area contributed by atoms with Gasteiger partial charge in [0, 0.05) is 30.9 Å². The zero-order chi connectivity index (χ0) is 24.0. The van der Waals surface area contributed by atoms with Crippen LogP contribution in [0.5, 0.6) is 0 Å². The standard InChI is InChI=1S/C26H27FN2O5/c1-15-14-28(9-10-33-15)25-16(2)23(30)21-12-17(26(31)32)11-20(24(21)34-25)22-7-4-8-29(22)19-6-3-5-18(27)13-19/h3,5-6,11-13,15,22H,4,7-10,14H2,1-2H3,(H,31,32). The normalized spacial score (nSPS) is 20.8. The van der Waals surface area contributed by atoms with Crippen LogP contribution in [-0.2, 0) is 4.74 Å². The van der Waals surface area contributed by atoms with Crippen LogP contribution in [0.1, 0.15) is 47.3 Å². The van der Waals surface area contributed by atoms with Crippen LogP contribution in [0, 0.1) is 12.7 Å². The molecule has 7 nitrogen and oxygen atoms in total. The number of hydrogen-bond acceptors (Lipinski definition) is 6. The number of carboxylic acid groups (broad SMARTS) is 1. The summed E-state index contributed by atoms with van der Waals surface area (Å²) in [6, 6.07) is 9.11. The lowest BCUT2D eigenvalue weighted by atomic mass is 9.97. The van der Waals surface area contributed by atoms with Crippen molar-refractivity contribution in [1.29, 1.82) is 0 Å². The smallest absolute Gasteiger partial charge is 0.335 e. The first-order valence-corrected chi connectivity index (χ1v) is 11.6. The van der Waals surface area contributed by atoms with Crippen molar-refractivity contribution >= 4 is 28.5 Å². The highest BCUT2D eigenvalue weighted by molar-refractivity contribution is 5.95. The number of morpholine rings is 1. The van der Waals surface area contributed by atoms with Crippen molar-refractivity contribution in [2.75, 3.05) is 36.0 Å². The van der Waals surface area contributed by atoms with Gasteiger partial charge in [0.15, 0.2) is 5.43 Å². The molecule has 2 aromatic carbocycles. The van der Waals surface area contributed by atoms with E-state index in [1.165, 1.54) is 18.2 Å². The van der Waals surface area contributed by atoms with E-state index in [0.717, 1.165) is 12.8 Å². The number of nitrogens with zero attached hydrogens (tertiary/aromatic N) is 2. The maximum Gasteiger partial charge on any atom is 0.335 e. The van der Waals surface area contributed by atoms with Crippen LogP contribution in [0.2, 0.25) is 0 Å². The van der Waals surface area contributed by atoms with E-state index >= 15 is 0 Å². The Morgan fingerprint density at radius 3 is 2.76 bits per heavy atom. The van der Waals surface area contributed by atoms with Crippen LogP contribution in [0.15, 0.2) is 45.6 Å². The van der Waals surface area contributed by atoms with Crippen molar-refractivity contribution in [3.05, 3.63) is 69.1 Å². The third-order valence-corrected chi connectivity index (χ3v) is 6.75. The Bertz CT molecular complexity index is 1320. The SMILES string of the molecule is Cc1c(N2CCOC(C)C2)oc2c(C3CCCN3c3cccc(F)c3)cc(C(=O)O)cc2c1=O. The predicted octanol–water partition coefficient (Wildman–Crippen LogP) is 4.51. The molecular weight excluding hydrogens is 439 g/mol. The Labute approximate surface area is 196 Å². The Balaban J connectivity index is 1.71. The van der Waals surface area contributed by atoms with Crippen LogP contribution in [0.4, 0.5) is 16.0 Å². The number of aromatic carboxylic acids is 1. The van der Waals surface area contributed by atoms with Gasteiger partial charge in [-0.3, -0.25) is 4.79 Å². The van der Waals surface area contributed by atoms with Gasteiger partial charge in [0.05, 0.1) is 35.3 Å². The Morgan fingerprint density at radius 2 is 2.03 bits per heavy atom. The molecule has 0 aliphatic carbocycles. The lowest BCUT2D eigenvalue weighted by Crippen LogP contribution is -2.42. The van der Waals surface area contributed by atoms with E-state index < -0.39 is 5.97 Å². The predicted molar refractivity (Wildman–Crippen MR) is 128 cm³/mol. The van der Waals surface area contributed by atoms with E-state index in [9.17, 15) is 19.1 Å². The minimum Gasteiger partial charge on any atom is -0.478 e. The molecule has 0 bridgehead atoms. The third kappa shape index (κ3) is 3.92. The number of halogens is 1. The van der Waals surface area contributed by atoms with E-state index in [2.05, 4.69) is 4.90 Å². The van der Waals surface area contributed by atoms with Gasteiger partial charge in [0.25, 0.3) is 0 Å². The van der Waals surface area contributed by atoms with Gasteiger partial charge in [0.1, 0.15) is 11.4 Å². The number of fused-ring (bicyclic) bond motifs is 1. The molecule has 34 heavy (non-hydrogen) atoms. The fraction of sp³-hybridized carbons (Fsp3) is 0.385. The Hall–Kier alpha value is -3.39. The number of ether oxygens (including phenoxy) is 1. The van der Waals surface area contributed by atoms with Crippen LogP contribution >= 0.6 is 0 Å². The van der Waals surface area contributed by atoms with E-state index in [4.69, 9.17) is 9.15 Å². The molecule has 2 fully saturated rings. The number of hydrogen-bond donors (Lipinski definition) is 1. The second-order valence-corrected chi connectivity index (χ2v) is 9.07. The number of anilines is 2. The van der Waals surface area contributed by atoms with Gasteiger partial charge in [-0.15, -0.1) is 0 Å². The molecule has 8 heteroatoms. The molecule has 2 atom stereocenters. The molecule has 0 radical (unpaired) electrons. The first-order chi connectivity index (χ1) is 16.3. The molecule has 5 rings (SSSR count). The summed E-state index contributed by atoms with van der Waals surface area (Å²) in [5, 5.41) is 10.0. The summed E-state index contributed by atoms with van der Waals surface area (Å²) in [4.78, 5) is 29.4. The summed E-state index contributed by atoms with van der Waals surface area (Å²) in [5.74, 6) is -0.952. The molecule has 2 unspecified atom stereocenters. The first-order valence-electron chi connectivity index (χ1n) is 11.6. The molecule has 0 spiro atoms. The van der Waals surface area contributed by atoms with E-state index in [-0.39, 0.29) is 34.3 Å². The average molecular weight is 467 g/mol. The zero-order valence-electron chi connectivity index (χ0n) is 19.2. The highest BCUT2D eigenvalue weighted by Crippen LogP contribution is 2.40. The van der Waals surface area contributed by atoms with Gasteiger partial charge in [-0.05, 0) is 57.0 Å². The Kier molecular flexibility index (Phi) is 5.77. The van der Waals surface area contributed by atoms with Crippen molar-refractivity contribution in [1.82, 2.24) is 0 Å². The van der Waals surface area contributed by atoms with Crippen molar-refractivity contribution in [3.8, 4) is 0 Å². The molecule has 178 valence electrons. The zero-order valence-corrected chi connectivity index (χ0v) is 19.2. The quantitative estimate of drug-likeness (QED) is 0.606. The fourth-order valence-electron chi connectivity index (χ4n) is 5.14. The van der Waals surface area contributed by atoms with E-state index in [1.807, 2.05) is 17.9 Å². The Morgan fingerprint density at radius 1 is 1.21 bits per heavy atom. The highest BCUT2D eigenvalue weighted by Gasteiger charge is 2.31. The number of benzene rings is 2. The van der Waals surface area contributed by atoms with Crippen LogP contribution in [0.3, 0.4) is 0 Å². The number of carboxylic acids is 1. The number of carbonyl (C=O) groups is 1. The molecule has 2 saturated heterocycles. The van der Waals surface area contributed by atoms with Gasteiger partial charge in [-0.1, -0.05) is 6.07 Å². The van der Waals surface area contributed by atoms with Crippen LogP contribution in [0.25, 0.3) is 11.0 Å². The van der Waals surface area contributed by atoms with Crippen molar-refractivity contribution in [2.24, 2.45) is 0 Å². The lowest BCUT2D eigenvalue weighted by Gasteiger charge is -2.33. The van der Waals surface area contributed by atoms with Gasteiger partial charge < -0.3 is 24.1 Å². The summed E-state index contributed by atoms with van der Waals surface area (Å²) in [7, 11) is 0. The molecule has 2 aliphatic heterocycles. The average Bonchev–Trinajstić information content (AvgIpc) is 3.30. The maximum atomic E-state index is 14.0. The highest BCUT2D eigenvalue weighted by atomic mass is 19.1. The molecule has 3 aromatic rings. The summed E-state index contributed by atoms with van der Waals surface area (Å²) in [5.41, 5.74) is 1.99. The summed E-state index contributed by atoms with van der Waals surface area (Å²) < 4.78 is 26.0. The topological polar surface area (TPSA) is 83.2 Å². The van der Waals surface area contributed by atoms with Gasteiger partial charge in [-0.2, -0.15) is 0 Å². The second-order valence-electron chi connectivity index (χ2n) is 9.07. The molecule has 0 saturated carbocycles. The molecule has 1 aromatic heterocycles. The molecule has 1 N–H and O–H groups in total. The fourth-order valence-corrected chi connectivity index (χ4v) is 5.14. The largest absolute Gasteiger partial charge is 0.478 e. The lowest BCUT2D eigenvalue weighted by molar-refractivity contribution is 0.0517. The van der Waals surface area contributed by atoms with Crippen molar-refractivity contribution in [3.63, 3.8) is 0 Å². The van der Waals surface area contributed by atoms with Crippen molar-refractivity contribution < 1.29 is 23.4 Å². The second kappa shape index (κ2) is 8.76. The monoisotopic (exact) mass is 466 g/mol. The minimum absolute atomic E-state index is 0.00121. The van der Waals surface area contributed by atoms with Gasteiger partial charge >= 0.3 is 5.97 Å². The minimum atomic E-state index is -1.11. The first kappa shape index (κ1) is 22.4. The van der Waals surface area contributed by atoms with E-state index in [0.29, 0.717) is 54.5 Å². The van der Waals surface area contributed by atoms with Crippen molar-refractivity contribution in [2.45, 2.75) is 38.8 Å². The molecule has 0 amide bonds. The third-order valence-electron chi connectivity index (χ3n) is 6.75. The summed E-state index contributed by atoms with van der Waals surface area (Å²) in [6.45, 7) is 6.10. The number of rotatable bonds is 4. The van der Waals surface area contributed by atoms with Crippen LogP contribution < -0.4 is 15.2 Å². The molecule has 2 aliphatic rings. The summed E-state index contributed by atoms with van der Waals surface area (Å²) >= 11 is 0. The van der Waals surface area contributed by atoms with Crippen LogP contribution in [-0.4, -0.2) is 43.4 Å². The van der Waals surface area contributed by atoms with E-state index in [1.54, 1.807) is 19.1 Å². The molecule has 3 heterocycles. The maximum absolute atomic E-state index is 14.0. The summed E-state index contributed by atoms with van der Waals surface area (Å²) in [6.07, 6.45) is 1.58. The molecular formula is C26H27FN2O5.